The van der Waals surface area contributed by atoms with Gasteiger partial charge in [0, 0.05) is 27.1 Å². The van der Waals surface area contributed by atoms with Crippen molar-refractivity contribution < 1.29 is 28.2 Å². The van der Waals surface area contributed by atoms with Crippen molar-refractivity contribution in [1.29, 1.82) is 0 Å². The van der Waals surface area contributed by atoms with Crippen molar-refractivity contribution in [2.45, 2.75) is 13.8 Å². The molecule has 0 aliphatic heterocycles. The first-order valence-corrected chi connectivity index (χ1v) is 13.9. The first-order chi connectivity index (χ1) is 20.9. The topological polar surface area (TPSA) is 102 Å². The van der Waals surface area contributed by atoms with Crippen LogP contribution in [0.5, 0.6) is 17.2 Å². The number of aromatic amines is 1. The average Bonchev–Trinajstić information content (AvgIpc) is 3.40. The summed E-state index contributed by atoms with van der Waals surface area (Å²) in [7, 11) is 0. The highest BCUT2D eigenvalue weighted by atomic mass is 35.5. The van der Waals surface area contributed by atoms with E-state index in [1.807, 2.05) is 13.8 Å². The van der Waals surface area contributed by atoms with E-state index in [1.54, 1.807) is 78.9 Å². The van der Waals surface area contributed by atoms with E-state index in [4.69, 9.17) is 25.8 Å². The van der Waals surface area contributed by atoms with Gasteiger partial charge in [0.05, 0.1) is 30.5 Å². The summed E-state index contributed by atoms with van der Waals surface area (Å²) in [4.78, 5) is 29.2. The Morgan fingerprint density at radius 1 is 0.907 bits per heavy atom. The van der Waals surface area contributed by atoms with Gasteiger partial charge in [-0.2, -0.15) is 5.10 Å². The first-order valence-electron chi connectivity index (χ1n) is 13.5. The molecule has 4 aromatic carbocycles. The summed E-state index contributed by atoms with van der Waals surface area (Å²) in [6, 6.07) is 23.1. The highest BCUT2D eigenvalue weighted by Crippen LogP contribution is 2.37. The lowest BCUT2D eigenvalue weighted by Gasteiger charge is -2.12. The van der Waals surface area contributed by atoms with E-state index in [9.17, 15) is 14.0 Å². The Balaban J connectivity index is 1.38. The van der Waals surface area contributed by atoms with E-state index < -0.39 is 17.7 Å². The molecule has 0 aliphatic carbocycles. The molecular formula is C33H27ClFN3O5. The van der Waals surface area contributed by atoms with Crippen LogP contribution in [0.1, 0.15) is 40.3 Å². The normalized spacial score (nSPS) is 11.1. The number of halogens is 2. The fourth-order valence-electron chi connectivity index (χ4n) is 4.53. The molecular weight excluding hydrogens is 573 g/mol. The molecule has 218 valence electrons. The molecule has 1 heterocycles. The maximum Gasteiger partial charge on any atom is 0.343 e. The highest BCUT2D eigenvalue weighted by Gasteiger charge is 2.22. The lowest BCUT2D eigenvalue weighted by molar-refractivity contribution is 0.0733. The minimum atomic E-state index is -0.617. The zero-order chi connectivity index (χ0) is 30.3. The molecule has 0 fully saturated rings. The van der Waals surface area contributed by atoms with Crippen LogP contribution < -0.4 is 19.6 Å². The molecule has 2 N–H and O–H groups in total. The molecule has 0 aliphatic rings. The Bertz CT molecular complexity index is 1840. The van der Waals surface area contributed by atoms with Gasteiger partial charge in [0.2, 0.25) is 0 Å². The number of hydrogen-bond donors (Lipinski definition) is 2. The van der Waals surface area contributed by atoms with Gasteiger partial charge in [0.15, 0.2) is 11.5 Å². The van der Waals surface area contributed by atoms with E-state index in [0.29, 0.717) is 51.8 Å². The number of fused-ring (bicyclic) bond motifs is 1. The maximum absolute atomic E-state index is 14.6. The number of amides is 1. The predicted molar refractivity (Wildman–Crippen MR) is 164 cm³/mol. The van der Waals surface area contributed by atoms with Crippen LogP contribution >= 0.6 is 11.6 Å². The van der Waals surface area contributed by atoms with Crippen molar-refractivity contribution in [3.8, 4) is 28.4 Å². The number of aromatic nitrogens is 1. The van der Waals surface area contributed by atoms with Crippen molar-refractivity contribution in [1.82, 2.24) is 10.4 Å². The van der Waals surface area contributed by atoms with Gasteiger partial charge in [-0.25, -0.2) is 14.6 Å². The molecule has 0 bridgehead atoms. The van der Waals surface area contributed by atoms with Gasteiger partial charge in [-0.15, -0.1) is 0 Å². The molecule has 5 rings (SSSR count). The van der Waals surface area contributed by atoms with Crippen molar-refractivity contribution >= 4 is 40.6 Å². The number of H-pyrrole nitrogens is 1. The number of nitrogens with one attached hydrogen (secondary N) is 2. The predicted octanol–water partition coefficient (Wildman–Crippen LogP) is 7.41. The number of carbonyl (C=O) groups excluding carboxylic acids is 2. The van der Waals surface area contributed by atoms with Crippen molar-refractivity contribution in [3.05, 3.63) is 113 Å². The number of rotatable bonds is 10. The van der Waals surface area contributed by atoms with Gasteiger partial charge in [-0.1, -0.05) is 54.1 Å². The molecule has 8 nitrogen and oxygen atoms in total. The molecule has 10 heteroatoms. The second-order valence-electron chi connectivity index (χ2n) is 9.17. The van der Waals surface area contributed by atoms with Crippen LogP contribution in [-0.4, -0.2) is 36.3 Å². The number of carbonyl (C=O) groups is 2. The van der Waals surface area contributed by atoms with Crippen molar-refractivity contribution in [3.63, 3.8) is 0 Å². The lowest BCUT2D eigenvalue weighted by atomic mass is 10.0. The van der Waals surface area contributed by atoms with Crippen LogP contribution in [0, 0.1) is 5.82 Å². The van der Waals surface area contributed by atoms with Gasteiger partial charge in [-0.05, 0) is 56.3 Å². The molecule has 0 saturated carbocycles. The van der Waals surface area contributed by atoms with Crippen LogP contribution in [-0.2, 0) is 0 Å². The summed E-state index contributed by atoms with van der Waals surface area (Å²) in [5.74, 6) is -0.553. The zero-order valence-corrected chi connectivity index (χ0v) is 24.1. The van der Waals surface area contributed by atoms with Crippen LogP contribution in [0.3, 0.4) is 0 Å². The Hall–Kier alpha value is -5.15. The molecule has 0 spiro atoms. The minimum Gasteiger partial charge on any atom is -0.490 e. The third-order valence-corrected chi connectivity index (χ3v) is 6.75. The van der Waals surface area contributed by atoms with Gasteiger partial charge < -0.3 is 19.2 Å². The zero-order valence-electron chi connectivity index (χ0n) is 23.3. The number of benzene rings is 4. The number of hydrazone groups is 1. The molecule has 0 atom stereocenters. The summed E-state index contributed by atoms with van der Waals surface area (Å²) in [6.45, 7) is 4.54. The van der Waals surface area contributed by atoms with E-state index in [0.717, 1.165) is 0 Å². The van der Waals surface area contributed by atoms with E-state index >= 15 is 0 Å². The van der Waals surface area contributed by atoms with Gasteiger partial charge in [-0.3, -0.25) is 4.79 Å². The third-order valence-electron chi connectivity index (χ3n) is 6.42. The average molecular weight is 600 g/mol. The molecule has 1 aromatic heterocycles. The number of nitrogens with zero attached hydrogens (tertiary/aromatic N) is 1. The minimum absolute atomic E-state index is 0.0886. The molecule has 43 heavy (non-hydrogen) atoms. The number of ether oxygens (including phenoxy) is 3. The van der Waals surface area contributed by atoms with Crippen LogP contribution in [0.25, 0.3) is 22.0 Å². The summed E-state index contributed by atoms with van der Waals surface area (Å²) in [6.07, 6.45) is 1.35. The van der Waals surface area contributed by atoms with Gasteiger partial charge in [0.1, 0.15) is 17.3 Å². The largest absolute Gasteiger partial charge is 0.490 e. The SMILES string of the molecule is CCOc1ccc(C(=O)Oc2ccccc2C=NNC(=O)c2[nH]c3c(F)cccc3c2-c2ccccc2Cl)cc1OCC. The number of hydrogen-bond acceptors (Lipinski definition) is 6. The van der Waals surface area contributed by atoms with Crippen molar-refractivity contribution in [2.24, 2.45) is 5.10 Å². The van der Waals surface area contributed by atoms with Gasteiger partial charge in [0.25, 0.3) is 5.91 Å². The quantitative estimate of drug-likeness (QED) is 0.0753. The summed E-state index contributed by atoms with van der Waals surface area (Å²) in [5, 5.41) is 4.99. The maximum atomic E-state index is 14.6. The third kappa shape index (κ3) is 6.37. The molecule has 0 unspecified atom stereocenters. The molecule has 0 saturated heterocycles. The van der Waals surface area contributed by atoms with Crippen molar-refractivity contribution in [2.75, 3.05) is 13.2 Å². The fraction of sp³-hybridized carbons (Fsp3) is 0.121. The molecule has 5 aromatic rings. The Morgan fingerprint density at radius 3 is 2.44 bits per heavy atom. The van der Waals surface area contributed by atoms with Crippen LogP contribution in [0.4, 0.5) is 4.39 Å². The van der Waals surface area contributed by atoms with Gasteiger partial charge >= 0.3 is 5.97 Å². The standard InChI is InChI=1S/C33H27ClFN3O5/c1-3-41-27-17-16-20(18-28(27)42-4-2)33(40)43-26-15-8-5-10-21(26)19-36-38-32(39)31-29(22-11-6-7-13-24(22)34)23-12-9-14-25(35)30(23)37-31/h5-19,37H,3-4H2,1-2H3,(H,38,39). The van der Waals surface area contributed by atoms with Crippen LogP contribution in [0.2, 0.25) is 5.02 Å². The summed E-state index contributed by atoms with van der Waals surface area (Å²) >= 11 is 6.44. The van der Waals surface area contributed by atoms with Crippen LogP contribution in [0.15, 0.2) is 90.0 Å². The second-order valence-corrected chi connectivity index (χ2v) is 9.58. The Labute approximate surface area is 252 Å². The number of esters is 1. The molecule has 0 radical (unpaired) electrons. The first kappa shape index (κ1) is 29.3. The number of para-hydroxylation sites is 2. The summed E-state index contributed by atoms with van der Waals surface area (Å²) < 4.78 is 31.5. The highest BCUT2D eigenvalue weighted by molar-refractivity contribution is 6.34. The van der Waals surface area contributed by atoms with E-state index in [1.165, 1.54) is 12.3 Å². The van der Waals surface area contributed by atoms with E-state index in [-0.39, 0.29) is 22.5 Å². The fourth-order valence-corrected chi connectivity index (χ4v) is 4.76. The van der Waals surface area contributed by atoms with E-state index in [2.05, 4.69) is 15.5 Å². The summed E-state index contributed by atoms with van der Waals surface area (Å²) in [5.41, 5.74) is 4.44. The Morgan fingerprint density at radius 2 is 1.65 bits per heavy atom. The molecule has 1 amide bonds. The lowest BCUT2D eigenvalue weighted by Crippen LogP contribution is -2.19. The monoisotopic (exact) mass is 599 g/mol. The second kappa shape index (κ2) is 13.2. The Kier molecular flexibility index (Phi) is 9.02. The smallest absolute Gasteiger partial charge is 0.343 e.